The molecule has 1 aliphatic rings. The van der Waals surface area contributed by atoms with Crippen LogP contribution in [-0.4, -0.2) is 47.3 Å². The molecule has 2 heterocycles. The van der Waals surface area contributed by atoms with Gasteiger partial charge in [-0.1, -0.05) is 12.1 Å². The van der Waals surface area contributed by atoms with Crippen molar-refractivity contribution in [3.8, 4) is 0 Å². The number of benzene rings is 1. The number of anilines is 1. The van der Waals surface area contributed by atoms with E-state index in [1.54, 1.807) is 29.2 Å². The molecule has 0 radical (unpaired) electrons. The molecule has 1 N–H and O–H groups in total. The number of nitrogens with one attached hydrogen (secondary N) is 1. The van der Waals surface area contributed by atoms with Crippen molar-refractivity contribution >= 4 is 27.4 Å². The number of carbonyl (C=O) groups is 2. The summed E-state index contributed by atoms with van der Waals surface area (Å²) in [6.45, 7) is 4.61. The number of hydrogen-bond acceptors (Lipinski definition) is 5. The van der Waals surface area contributed by atoms with Crippen LogP contribution in [0.25, 0.3) is 0 Å². The Kier molecular flexibility index (Phi) is 5.95. The van der Waals surface area contributed by atoms with Gasteiger partial charge in [-0.25, -0.2) is 8.42 Å². The highest BCUT2D eigenvalue weighted by atomic mass is 32.2. The van der Waals surface area contributed by atoms with Gasteiger partial charge in [0.15, 0.2) is 5.78 Å². The van der Waals surface area contributed by atoms with Gasteiger partial charge in [0.1, 0.15) is 0 Å². The van der Waals surface area contributed by atoms with Crippen molar-refractivity contribution in [1.82, 2.24) is 14.1 Å². The van der Waals surface area contributed by atoms with Crippen LogP contribution in [0.3, 0.4) is 0 Å². The Morgan fingerprint density at radius 2 is 1.96 bits per heavy atom. The van der Waals surface area contributed by atoms with Crippen LogP contribution in [0.4, 0.5) is 5.69 Å². The number of hydrogen-bond donors (Lipinski definition) is 1. The molecule has 9 heteroatoms. The molecule has 0 spiro atoms. The number of ketones is 1. The molecule has 1 fully saturated rings. The lowest BCUT2D eigenvalue weighted by molar-refractivity contribution is -0.120. The maximum Gasteiger partial charge on any atom is 0.243 e. The number of piperidine rings is 1. The average Bonchev–Trinajstić information content (AvgIpc) is 3.15. The summed E-state index contributed by atoms with van der Waals surface area (Å²) in [7, 11) is -3.69. The lowest BCUT2D eigenvalue weighted by atomic mass is 9.97. The molecule has 150 valence electrons. The van der Waals surface area contributed by atoms with Crippen LogP contribution in [0.2, 0.25) is 0 Å². The zero-order valence-electron chi connectivity index (χ0n) is 16.0. The fraction of sp³-hybridized carbons (Fsp3) is 0.421. The van der Waals surface area contributed by atoms with Crippen LogP contribution in [0.15, 0.2) is 41.6 Å². The van der Waals surface area contributed by atoms with Gasteiger partial charge in [0.2, 0.25) is 15.9 Å². The molecule has 28 heavy (non-hydrogen) atoms. The second kappa shape index (κ2) is 8.24. The van der Waals surface area contributed by atoms with Crippen molar-refractivity contribution in [3.63, 3.8) is 0 Å². The van der Waals surface area contributed by atoms with E-state index in [1.807, 2.05) is 6.92 Å². The minimum atomic E-state index is -3.69. The van der Waals surface area contributed by atoms with E-state index in [4.69, 9.17) is 0 Å². The highest BCUT2D eigenvalue weighted by Crippen LogP contribution is 2.25. The van der Waals surface area contributed by atoms with Crippen LogP contribution in [0, 0.1) is 5.92 Å². The maximum absolute atomic E-state index is 12.9. The fourth-order valence-electron chi connectivity index (χ4n) is 3.23. The van der Waals surface area contributed by atoms with Gasteiger partial charge in [-0.05, 0) is 38.8 Å². The second-order valence-electron chi connectivity index (χ2n) is 6.84. The quantitative estimate of drug-likeness (QED) is 0.744. The summed E-state index contributed by atoms with van der Waals surface area (Å²) in [6.07, 6.45) is 4.25. The van der Waals surface area contributed by atoms with Gasteiger partial charge in [0.05, 0.1) is 16.8 Å². The first-order valence-electron chi connectivity index (χ1n) is 9.25. The van der Waals surface area contributed by atoms with Gasteiger partial charge in [-0.15, -0.1) is 0 Å². The highest BCUT2D eigenvalue weighted by Gasteiger charge is 2.32. The molecule has 1 amide bonds. The zero-order chi connectivity index (χ0) is 20.3. The Morgan fingerprint density at radius 1 is 1.25 bits per heavy atom. The van der Waals surface area contributed by atoms with E-state index < -0.39 is 10.0 Å². The molecule has 0 bridgehead atoms. The number of rotatable bonds is 6. The van der Waals surface area contributed by atoms with E-state index in [0.29, 0.717) is 24.1 Å². The van der Waals surface area contributed by atoms with Gasteiger partial charge in [-0.3, -0.25) is 14.3 Å². The predicted octanol–water partition coefficient (Wildman–Crippen LogP) is 2.14. The van der Waals surface area contributed by atoms with Crippen LogP contribution in [0.1, 0.15) is 37.0 Å². The molecule has 1 aromatic carbocycles. The van der Waals surface area contributed by atoms with Crippen molar-refractivity contribution < 1.29 is 18.0 Å². The lowest BCUT2D eigenvalue weighted by Crippen LogP contribution is -2.41. The largest absolute Gasteiger partial charge is 0.323 e. The number of nitrogens with zero attached hydrogens (tertiary/aromatic N) is 3. The summed E-state index contributed by atoms with van der Waals surface area (Å²) in [4.78, 5) is 24.1. The Morgan fingerprint density at radius 3 is 2.57 bits per heavy atom. The normalized spacial score (nSPS) is 16.1. The number of aromatic nitrogens is 2. The van der Waals surface area contributed by atoms with Crippen LogP contribution < -0.4 is 5.32 Å². The minimum Gasteiger partial charge on any atom is -0.323 e. The summed E-state index contributed by atoms with van der Waals surface area (Å²) in [5.41, 5.74) is 1.01. The first-order chi connectivity index (χ1) is 13.3. The minimum absolute atomic E-state index is 0.107. The van der Waals surface area contributed by atoms with E-state index in [0.717, 1.165) is 6.54 Å². The Bertz CT molecular complexity index is 975. The van der Waals surface area contributed by atoms with E-state index in [1.165, 1.54) is 23.4 Å². The Labute approximate surface area is 164 Å². The fourth-order valence-corrected chi connectivity index (χ4v) is 4.74. The van der Waals surface area contributed by atoms with Gasteiger partial charge < -0.3 is 5.32 Å². The molecule has 2 aromatic rings. The smallest absolute Gasteiger partial charge is 0.243 e. The molecule has 1 saturated heterocycles. The topological polar surface area (TPSA) is 101 Å². The average molecular weight is 404 g/mol. The highest BCUT2D eigenvalue weighted by molar-refractivity contribution is 7.89. The third-order valence-corrected chi connectivity index (χ3v) is 6.82. The SMILES string of the molecule is CCn1cc(NC(=O)C2CCN(S(=O)(=O)c3cccc(C(C)=O)c3)CC2)cn1. The maximum atomic E-state index is 12.9. The number of amides is 1. The molecular formula is C19H24N4O4S. The molecule has 8 nitrogen and oxygen atoms in total. The summed E-state index contributed by atoms with van der Waals surface area (Å²) in [5, 5.41) is 6.96. The predicted molar refractivity (Wildman–Crippen MR) is 104 cm³/mol. The van der Waals surface area contributed by atoms with E-state index >= 15 is 0 Å². The summed E-state index contributed by atoms with van der Waals surface area (Å²) in [5.74, 6) is -0.551. The molecule has 1 aromatic heterocycles. The Balaban J connectivity index is 1.63. The number of aryl methyl sites for hydroxylation is 1. The molecule has 0 aliphatic carbocycles. The van der Waals surface area contributed by atoms with Gasteiger partial charge >= 0.3 is 0 Å². The summed E-state index contributed by atoms with van der Waals surface area (Å²) in [6, 6.07) is 6.06. The summed E-state index contributed by atoms with van der Waals surface area (Å²) >= 11 is 0. The van der Waals surface area contributed by atoms with Gasteiger partial charge in [0.25, 0.3) is 0 Å². The number of Topliss-reactive ketones (excluding diaryl/α,β-unsaturated/α-hetero) is 1. The lowest BCUT2D eigenvalue weighted by Gasteiger charge is -2.30. The van der Waals surface area contributed by atoms with E-state index in [2.05, 4.69) is 10.4 Å². The third kappa shape index (κ3) is 4.31. The third-order valence-electron chi connectivity index (χ3n) is 4.93. The van der Waals surface area contributed by atoms with Crippen molar-refractivity contribution in [3.05, 3.63) is 42.2 Å². The monoisotopic (exact) mass is 404 g/mol. The first-order valence-corrected chi connectivity index (χ1v) is 10.7. The molecular weight excluding hydrogens is 380 g/mol. The van der Waals surface area contributed by atoms with Crippen LogP contribution >= 0.6 is 0 Å². The summed E-state index contributed by atoms with van der Waals surface area (Å²) < 4.78 is 28.8. The van der Waals surface area contributed by atoms with E-state index in [9.17, 15) is 18.0 Å². The van der Waals surface area contributed by atoms with Crippen molar-refractivity contribution in [2.75, 3.05) is 18.4 Å². The molecule has 0 unspecified atom stereocenters. The van der Waals surface area contributed by atoms with Crippen molar-refractivity contribution in [1.29, 1.82) is 0 Å². The second-order valence-corrected chi connectivity index (χ2v) is 8.77. The Hall–Kier alpha value is -2.52. The molecule has 3 rings (SSSR count). The van der Waals surface area contributed by atoms with Crippen molar-refractivity contribution in [2.24, 2.45) is 5.92 Å². The number of sulfonamides is 1. The van der Waals surface area contributed by atoms with Crippen LogP contribution in [0.5, 0.6) is 0 Å². The zero-order valence-corrected chi connectivity index (χ0v) is 16.8. The van der Waals surface area contributed by atoms with Crippen LogP contribution in [-0.2, 0) is 21.4 Å². The van der Waals surface area contributed by atoms with Gasteiger partial charge in [0, 0.05) is 37.3 Å². The first kappa shape index (κ1) is 20.2. The molecule has 0 saturated carbocycles. The standard InChI is InChI=1S/C19H24N4O4S/c1-3-22-13-17(12-20-22)21-19(25)15-7-9-23(10-8-15)28(26,27)18-6-4-5-16(11-18)14(2)24/h4-6,11-13,15H,3,7-10H2,1-2H3,(H,21,25). The van der Waals surface area contributed by atoms with E-state index in [-0.39, 0.29) is 35.6 Å². The molecule has 0 atom stereocenters. The van der Waals surface area contributed by atoms with Crippen molar-refractivity contribution in [2.45, 2.75) is 38.1 Å². The molecule has 1 aliphatic heterocycles. The number of carbonyl (C=O) groups excluding carboxylic acids is 2. The van der Waals surface area contributed by atoms with Gasteiger partial charge in [-0.2, -0.15) is 9.40 Å².